The van der Waals surface area contributed by atoms with Crippen molar-refractivity contribution in [3.05, 3.63) is 249 Å². The van der Waals surface area contributed by atoms with Crippen LogP contribution in [-0.2, 0) is 14.3 Å². The second-order valence-corrected chi connectivity index (χ2v) is 31.8. The third-order valence-corrected chi connectivity index (χ3v) is 21.9. The second-order valence-electron chi connectivity index (χ2n) is 29.1. The predicted molar refractivity (Wildman–Crippen MR) is 458 cm³/mol. The molecule has 0 saturated carbocycles. The molecule has 0 spiro atoms. The number of benzene rings is 5. The van der Waals surface area contributed by atoms with Gasteiger partial charge in [0, 0.05) is 89.6 Å². The zero-order chi connectivity index (χ0) is 83.0. The molecule has 24 nitrogen and oxygen atoms in total. The van der Waals surface area contributed by atoms with Gasteiger partial charge in [-0.3, -0.25) is 9.59 Å². The fourth-order valence-corrected chi connectivity index (χ4v) is 14.8. The van der Waals surface area contributed by atoms with Crippen LogP contribution in [0.4, 0.5) is 31.0 Å². The van der Waals surface area contributed by atoms with E-state index < -0.39 is 41.4 Å². The predicted octanol–water partition coefficient (Wildman–Crippen LogP) is 14.2. The molecular weight excluding hydrogens is 1670 g/mol. The first-order valence-electron chi connectivity index (χ1n) is 37.2. The average molecular weight is 1750 g/mol. The van der Waals surface area contributed by atoms with E-state index in [4.69, 9.17) is 54.6 Å². The zero-order valence-electron chi connectivity index (χ0n) is 64.7. The molecule has 0 aliphatic carbocycles. The van der Waals surface area contributed by atoms with Gasteiger partial charge < -0.3 is 44.2 Å². The quantitative estimate of drug-likeness (QED) is 0.0617. The molecule has 9 heterocycles. The molecule has 2 N–H and O–H groups in total. The lowest BCUT2D eigenvalue weighted by Gasteiger charge is -2.36. The van der Waals surface area contributed by atoms with E-state index in [0.717, 1.165) is 28.1 Å². The number of aromatic nitrogens is 9. The largest absolute Gasteiger partial charge is 0.491 e. The molecule has 0 atom stereocenters. The number of ether oxygens (including phenoxy) is 1. The van der Waals surface area contributed by atoms with Crippen molar-refractivity contribution in [2.45, 2.75) is 85.7 Å². The Morgan fingerprint density at radius 2 is 0.791 bits per heavy atom. The van der Waals surface area contributed by atoms with Gasteiger partial charge in [-0.25, -0.2) is 56.6 Å². The van der Waals surface area contributed by atoms with Gasteiger partial charge >= 0.3 is 30.3 Å². The van der Waals surface area contributed by atoms with E-state index in [9.17, 15) is 37.5 Å². The maximum absolute atomic E-state index is 14.8. The molecule has 0 radical (unpaired) electrons. The van der Waals surface area contributed by atoms with Crippen LogP contribution in [0.15, 0.2) is 188 Å². The van der Waals surface area contributed by atoms with E-state index in [0.29, 0.717) is 154 Å². The summed E-state index contributed by atoms with van der Waals surface area (Å²) in [5.74, 6) is 0.699. The van der Waals surface area contributed by atoms with Crippen LogP contribution in [0.3, 0.4) is 0 Å². The van der Waals surface area contributed by atoms with Gasteiger partial charge in [-0.05, 0) is 154 Å². The van der Waals surface area contributed by atoms with Crippen molar-refractivity contribution in [3.8, 4) is 28.3 Å². The number of rotatable bonds is 13. The lowest BCUT2D eigenvalue weighted by molar-refractivity contribution is -0.127. The van der Waals surface area contributed by atoms with Crippen LogP contribution < -0.4 is 37.2 Å². The first-order valence-corrected chi connectivity index (χ1v) is 39.9. The third kappa shape index (κ3) is 19.3. The van der Waals surface area contributed by atoms with Crippen LogP contribution in [0, 0.1) is 11.6 Å². The number of amides is 3. The van der Waals surface area contributed by atoms with Gasteiger partial charge in [0.05, 0.1) is 54.0 Å². The highest BCUT2D eigenvalue weighted by molar-refractivity contribution is 9.10. The van der Waals surface area contributed by atoms with Crippen LogP contribution >= 0.6 is 66.7 Å². The number of nitrogens with zero attached hydrogens (tertiary/aromatic N) is 15. The highest BCUT2D eigenvalue weighted by Crippen LogP contribution is 2.38. The molecule has 3 amide bonds. The fraction of sp³-hybridized carbons (Fsp3) is 0.301. The Morgan fingerprint density at radius 3 is 1.12 bits per heavy atom. The summed E-state index contributed by atoms with van der Waals surface area (Å²) in [6, 6.07) is 40.2. The molecule has 3 aliphatic heterocycles. The molecule has 0 bridgehead atoms. The van der Waals surface area contributed by atoms with Crippen molar-refractivity contribution < 1.29 is 37.9 Å². The number of anilines is 3. The van der Waals surface area contributed by atoms with E-state index in [1.807, 2.05) is 122 Å². The highest BCUT2D eigenvalue weighted by Gasteiger charge is 2.32. The lowest BCUT2D eigenvalue weighted by Crippen LogP contribution is -2.50. The van der Waals surface area contributed by atoms with E-state index in [-0.39, 0.29) is 57.4 Å². The van der Waals surface area contributed by atoms with Crippen molar-refractivity contribution in [2.24, 2.45) is 0 Å². The number of carbonyl (C=O) groups is 3. The maximum atomic E-state index is 14.8. The fourth-order valence-electron chi connectivity index (χ4n) is 13.7. The highest BCUT2D eigenvalue weighted by atomic mass is 79.9. The van der Waals surface area contributed by atoms with E-state index in [1.165, 1.54) is 47.1 Å². The molecular formula is C83H85BBr2Cl3F2N15O9. The van der Waals surface area contributed by atoms with Crippen LogP contribution in [-0.4, -0.2) is 178 Å². The Hall–Kier alpha value is -10.3. The number of halogens is 7. The Balaban J connectivity index is 0.000000160. The normalized spacial score (nSPS) is 13.8. The van der Waals surface area contributed by atoms with Crippen LogP contribution in [0.1, 0.15) is 96.8 Å². The number of pyridine rings is 3. The van der Waals surface area contributed by atoms with E-state index in [2.05, 4.69) is 97.6 Å². The van der Waals surface area contributed by atoms with Crippen LogP contribution in [0.5, 0.6) is 0 Å². The average Bonchev–Trinajstić information content (AvgIpc) is 0.754. The summed E-state index contributed by atoms with van der Waals surface area (Å²) in [5.41, 5.74) is 4.93. The molecule has 598 valence electrons. The summed E-state index contributed by atoms with van der Waals surface area (Å²) in [4.78, 5) is 116. The van der Waals surface area contributed by atoms with Gasteiger partial charge in [-0.15, -0.1) is 0 Å². The molecule has 3 aliphatic rings. The summed E-state index contributed by atoms with van der Waals surface area (Å²) in [6.07, 6.45) is 2.27. The van der Waals surface area contributed by atoms with Crippen LogP contribution in [0.25, 0.3) is 61.4 Å². The smallest absolute Gasteiger partial charge is 0.444 e. The summed E-state index contributed by atoms with van der Waals surface area (Å²) in [6.45, 7) is 31.0. The van der Waals surface area contributed by atoms with Gasteiger partial charge in [-0.2, -0.15) is 15.0 Å². The number of hydrogen-bond donors (Lipinski definition) is 2. The molecule has 0 unspecified atom stereocenters. The first kappa shape index (κ1) is 85.6. The van der Waals surface area contributed by atoms with Gasteiger partial charge in [0.25, 0.3) is 0 Å². The minimum absolute atomic E-state index is 0.0949. The minimum atomic E-state index is -1.72. The Bertz CT molecular complexity index is 5710. The maximum Gasteiger partial charge on any atom is 0.491 e. The Morgan fingerprint density at radius 1 is 0.470 bits per heavy atom. The van der Waals surface area contributed by atoms with Crippen LogP contribution in [0.2, 0.25) is 15.1 Å². The van der Waals surface area contributed by atoms with Crippen molar-refractivity contribution in [3.63, 3.8) is 0 Å². The second kappa shape index (κ2) is 37.1. The molecule has 6 aromatic heterocycles. The first-order chi connectivity index (χ1) is 54.8. The topological polar surface area (TPSA) is 264 Å². The summed E-state index contributed by atoms with van der Waals surface area (Å²) in [7, 11) is -1.72. The molecule has 5 aromatic carbocycles. The monoisotopic (exact) mass is 1750 g/mol. The Labute approximate surface area is 695 Å². The Kier molecular flexibility index (Phi) is 27.6. The minimum Gasteiger partial charge on any atom is -0.444 e. The van der Waals surface area contributed by atoms with Gasteiger partial charge in [0.15, 0.2) is 16.9 Å². The van der Waals surface area contributed by atoms with Crippen molar-refractivity contribution >= 4 is 148 Å². The number of fused-ring (bicyclic) bond motifs is 3. The van der Waals surface area contributed by atoms with E-state index in [1.54, 1.807) is 60.2 Å². The lowest BCUT2D eigenvalue weighted by atomic mass is 9.80. The standard InChI is InChI=1S/C29H27ClFN5O2.C25H29BrClN5O3.C23H23BrClN5O2.C6H6BFO2/c1-4-25(37)34-13-15-35(16-14-34)27-21-17-22(30)26(20-10-5-7-11-23(20)31)32-28(21)36(29(38)33-27)24-12-8-6-9-19(24)18(2)3;1-15(2)16-8-6-7-9-19(16)32-22-17(14-18(27)20(26)28-22)21(29-23(32)33)30-10-12-31(13-11-30)24(34)35-25(3,4)5;1-4-19(31)28-9-11-29(12-10-28)21-16-13-17(25)20(24)26-22(16)30(23(32)27-21)18-8-6-5-7-15(18)14(2)3;8-6-4-2-1-3-5(6)7(9)10/h4-12,17-18H,1,13-16H2,2-3H3;6-9,14-15H,10-13H2,1-5H3;4-8,13-14H,1,9-12H2,2-3H3;1-4,9-10H. The van der Waals surface area contributed by atoms with Gasteiger partial charge in [-0.1, -0.05) is 174 Å². The number of piperazine rings is 3. The summed E-state index contributed by atoms with van der Waals surface area (Å²) in [5, 5.41) is 20.1. The summed E-state index contributed by atoms with van der Waals surface area (Å²) < 4.78 is 38.3. The molecule has 3 saturated heterocycles. The third-order valence-electron chi connectivity index (χ3n) is 19.4. The SMILES string of the molecule is C=CC(=O)N1CCN(c2nc(=O)n(-c3ccccc3C(C)C)c3nc(-c4ccccc4F)c(Cl)cc23)CC1.C=CC(=O)N1CCN(c2nc(=O)n(-c3ccccc3C(C)C)c3nc(Br)c(Cl)cc23)CC1.CC(C)c1ccccc1-n1c(=O)nc(N2CCN(C(=O)OC(C)(C)C)CC2)c2cc(Cl)c(Br)nc21.OB(O)c1ccccc1F. The number of para-hydroxylation sites is 3. The molecule has 3 fully saturated rings. The molecule has 115 heavy (non-hydrogen) atoms. The van der Waals surface area contributed by atoms with Crippen molar-refractivity contribution in [2.75, 3.05) is 93.2 Å². The van der Waals surface area contributed by atoms with Crippen molar-refractivity contribution in [1.82, 2.24) is 58.3 Å². The molecule has 11 aromatic rings. The summed E-state index contributed by atoms with van der Waals surface area (Å²) >= 11 is 26.3. The molecule has 14 rings (SSSR count). The van der Waals surface area contributed by atoms with E-state index >= 15 is 0 Å². The number of carbonyl (C=O) groups excluding carboxylic acids is 3. The van der Waals surface area contributed by atoms with Crippen molar-refractivity contribution in [1.29, 1.82) is 0 Å². The zero-order valence-corrected chi connectivity index (χ0v) is 70.2. The number of hydrogen-bond acceptors (Lipinski definition) is 18. The van der Waals surface area contributed by atoms with Gasteiger partial charge in [0.1, 0.15) is 43.9 Å². The molecule has 32 heteroatoms. The van der Waals surface area contributed by atoms with Gasteiger partial charge in [0.2, 0.25) is 11.8 Å².